The number of ether oxygens (including phenoxy) is 3. The Morgan fingerprint density at radius 3 is 2.08 bits per heavy atom. The third-order valence-corrected chi connectivity index (χ3v) is 13.9. The minimum atomic E-state index is -0.601. The molecule has 6 nitrogen and oxygen atoms in total. The number of methoxy groups -OCH3 is 2. The second-order valence-electron chi connectivity index (χ2n) is 15.7. The summed E-state index contributed by atoms with van der Waals surface area (Å²) in [5, 5.41) is 0. The third kappa shape index (κ3) is 3.75. The van der Waals surface area contributed by atoms with E-state index in [-0.39, 0.29) is 51.6 Å². The van der Waals surface area contributed by atoms with Crippen molar-refractivity contribution in [3.63, 3.8) is 0 Å². The summed E-state index contributed by atoms with van der Waals surface area (Å²) in [5.74, 6) is 0.509. The Morgan fingerprint density at radius 2 is 1.45 bits per heavy atom. The number of rotatable bonds is 3. The van der Waals surface area contributed by atoms with Gasteiger partial charge in [0.25, 0.3) is 0 Å². The maximum Gasteiger partial charge on any atom is 0.312 e. The van der Waals surface area contributed by atoms with Gasteiger partial charge in [0.1, 0.15) is 6.10 Å². The first-order chi connectivity index (χ1) is 18.6. The van der Waals surface area contributed by atoms with Gasteiger partial charge in [-0.3, -0.25) is 14.4 Å². The van der Waals surface area contributed by atoms with Crippen molar-refractivity contribution in [1.82, 2.24) is 0 Å². The van der Waals surface area contributed by atoms with Crippen LogP contribution in [0.25, 0.3) is 0 Å². The van der Waals surface area contributed by atoms with Gasteiger partial charge in [-0.05, 0) is 105 Å². The van der Waals surface area contributed by atoms with Crippen molar-refractivity contribution in [2.45, 2.75) is 119 Å². The zero-order chi connectivity index (χ0) is 29.5. The standard InChI is InChI=1S/C34H52O6/c1-21(35)40-26-13-14-31(5)24(29(26,2)3)12-15-33(7)25(31)11-10-22-23-20-30(4,27(36)38-8)16-18-34(23,28(37)39-9)19-17-32(22,33)6/h10,23-26H,11-20H2,1-9H3/t23?,24?,25?,26?,30-,31-,32+,33+,34-/m0/s1. The van der Waals surface area contributed by atoms with Crippen molar-refractivity contribution in [2.24, 2.45) is 50.2 Å². The average molecular weight is 557 g/mol. The molecule has 0 saturated heterocycles. The molecule has 6 heteroatoms. The van der Waals surface area contributed by atoms with Crippen LogP contribution in [0.2, 0.25) is 0 Å². The molecular formula is C34H52O6. The normalized spacial score (nSPS) is 47.3. The average Bonchev–Trinajstić information content (AvgIpc) is 2.89. The molecule has 0 amide bonds. The molecule has 0 aromatic rings. The first-order valence-electron chi connectivity index (χ1n) is 15.6. The molecule has 0 bridgehead atoms. The van der Waals surface area contributed by atoms with Crippen molar-refractivity contribution in [3.05, 3.63) is 11.6 Å². The highest BCUT2D eigenvalue weighted by Crippen LogP contribution is 2.76. The van der Waals surface area contributed by atoms with Gasteiger partial charge in [0, 0.05) is 12.3 Å². The lowest BCUT2D eigenvalue weighted by Gasteiger charge is -2.71. The molecule has 0 N–H and O–H groups in total. The predicted molar refractivity (Wildman–Crippen MR) is 153 cm³/mol. The third-order valence-electron chi connectivity index (χ3n) is 13.9. The first-order valence-corrected chi connectivity index (χ1v) is 15.6. The van der Waals surface area contributed by atoms with Crippen LogP contribution in [0, 0.1) is 50.2 Å². The Balaban J connectivity index is 1.56. The lowest BCUT2D eigenvalue weighted by Crippen LogP contribution is -2.65. The summed E-state index contributed by atoms with van der Waals surface area (Å²) in [6.45, 7) is 15.7. The molecule has 4 fully saturated rings. The Bertz CT molecular complexity index is 1120. The van der Waals surface area contributed by atoms with Crippen LogP contribution >= 0.6 is 0 Å². The fraction of sp³-hybridized carbons (Fsp3) is 0.853. The number of carbonyl (C=O) groups is 3. The first kappa shape index (κ1) is 29.6. The molecule has 0 radical (unpaired) electrons. The monoisotopic (exact) mass is 556 g/mol. The number of allylic oxidation sites excluding steroid dienone is 2. The summed E-state index contributed by atoms with van der Waals surface area (Å²) in [6.07, 6.45) is 11.4. The van der Waals surface area contributed by atoms with E-state index in [1.54, 1.807) is 0 Å². The zero-order valence-electron chi connectivity index (χ0n) is 26.4. The molecule has 5 aliphatic rings. The van der Waals surface area contributed by atoms with Gasteiger partial charge in [-0.1, -0.05) is 46.3 Å². The SMILES string of the molecule is COC(=O)[C@@]1(C)CC[C@]2(C(=O)OC)CC[C@]3(C)C(=CCC4[C@@]5(C)CCC(OC(C)=O)C(C)(C)C5CC[C@]43C)C2C1. The summed E-state index contributed by atoms with van der Waals surface area (Å²) < 4.78 is 16.6. The second-order valence-corrected chi connectivity index (χ2v) is 15.7. The molecule has 9 atom stereocenters. The van der Waals surface area contributed by atoms with E-state index in [2.05, 4.69) is 40.7 Å². The molecule has 0 aromatic heterocycles. The van der Waals surface area contributed by atoms with Gasteiger partial charge in [-0.15, -0.1) is 0 Å². The molecule has 5 aliphatic carbocycles. The van der Waals surface area contributed by atoms with E-state index >= 15 is 0 Å². The van der Waals surface area contributed by atoms with Crippen LogP contribution < -0.4 is 0 Å². The van der Waals surface area contributed by atoms with Crippen LogP contribution in [0.5, 0.6) is 0 Å². The summed E-state index contributed by atoms with van der Waals surface area (Å²) in [5.41, 5.74) is 0.308. The van der Waals surface area contributed by atoms with Crippen molar-refractivity contribution in [1.29, 1.82) is 0 Å². The molecule has 0 heterocycles. The van der Waals surface area contributed by atoms with E-state index in [0.717, 1.165) is 44.9 Å². The van der Waals surface area contributed by atoms with E-state index < -0.39 is 10.8 Å². The van der Waals surface area contributed by atoms with E-state index in [0.29, 0.717) is 31.1 Å². The van der Waals surface area contributed by atoms with Crippen molar-refractivity contribution in [3.8, 4) is 0 Å². The Kier molecular flexibility index (Phi) is 6.91. The largest absolute Gasteiger partial charge is 0.469 e. The van der Waals surface area contributed by atoms with E-state index in [9.17, 15) is 14.4 Å². The van der Waals surface area contributed by atoms with Crippen molar-refractivity contribution in [2.75, 3.05) is 14.2 Å². The topological polar surface area (TPSA) is 78.9 Å². The van der Waals surface area contributed by atoms with Gasteiger partial charge in [0.05, 0.1) is 25.0 Å². The minimum absolute atomic E-state index is 0.0176. The summed E-state index contributed by atoms with van der Waals surface area (Å²) >= 11 is 0. The van der Waals surface area contributed by atoms with E-state index in [4.69, 9.17) is 14.2 Å². The fourth-order valence-corrected chi connectivity index (χ4v) is 11.5. The van der Waals surface area contributed by atoms with Crippen molar-refractivity contribution < 1.29 is 28.6 Å². The smallest absolute Gasteiger partial charge is 0.312 e. The molecule has 5 rings (SSSR count). The molecule has 0 spiro atoms. The number of hydrogen-bond acceptors (Lipinski definition) is 6. The quantitative estimate of drug-likeness (QED) is 0.211. The zero-order valence-corrected chi connectivity index (χ0v) is 26.4. The number of esters is 3. The van der Waals surface area contributed by atoms with Gasteiger partial charge in [0.2, 0.25) is 0 Å². The van der Waals surface area contributed by atoms with E-state index in [1.807, 2.05) is 6.92 Å². The molecule has 4 saturated carbocycles. The lowest BCUT2D eigenvalue weighted by molar-refractivity contribution is -0.214. The number of fused-ring (bicyclic) bond motifs is 7. The van der Waals surface area contributed by atoms with Crippen LogP contribution in [0.3, 0.4) is 0 Å². The molecule has 0 aromatic carbocycles. The van der Waals surface area contributed by atoms with Gasteiger partial charge in [-0.25, -0.2) is 0 Å². The number of carbonyl (C=O) groups excluding carboxylic acids is 3. The van der Waals surface area contributed by atoms with Crippen LogP contribution in [0.1, 0.15) is 113 Å². The maximum absolute atomic E-state index is 13.5. The Labute approximate surface area is 241 Å². The molecular weight excluding hydrogens is 504 g/mol. The molecule has 40 heavy (non-hydrogen) atoms. The van der Waals surface area contributed by atoms with Crippen LogP contribution in [-0.4, -0.2) is 38.2 Å². The molecule has 0 aliphatic heterocycles. The predicted octanol–water partition coefficient (Wildman–Crippen LogP) is 7.05. The van der Waals surface area contributed by atoms with Gasteiger partial charge >= 0.3 is 17.9 Å². The van der Waals surface area contributed by atoms with Gasteiger partial charge < -0.3 is 14.2 Å². The minimum Gasteiger partial charge on any atom is -0.469 e. The van der Waals surface area contributed by atoms with Crippen LogP contribution in [-0.2, 0) is 28.6 Å². The maximum atomic E-state index is 13.5. The molecule has 224 valence electrons. The van der Waals surface area contributed by atoms with Crippen molar-refractivity contribution >= 4 is 17.9 Å². The highest BCUT2D eigenvalue weighted by Gasteiger charge is 2.70. The van der Waals surface area contributed by atoms with Gasteiger partial charge in [0.15, 0.2) is 0 Å². The number of hydrogen-bond donors (Lipinski definition) is 0. The molecule has 4 unspecified atom stereocenters. The van der Waals surface area contributed by atoms with Crippen LogP contribution in [0.4, 0.5) is 0 Å². The fourth-order valence-electron chi connectivity index (χ4n) is 11.5. The van der Waals surface area contributed by atoms with Gasteiger partial charge in [-0.2, -0.15) is 0 Å². The highest BCUT2D eigenvalue weighted by atomic mass is 16.5. The van der Waals surface area contributed by atoms with E-state index in [1.165, 1.54) is 26.7 Å². The summed E-state index contributed by atoms with van der Waals surface area (Å²) in [4.78, 5) is 38.5. The lowest BCUT2D eigenvalue weighted by atomic mass is 9.33. The summed E-state index contributed by atoms with van der Waals surface area (Å²) in [6, 6.07) is 0. The van der Waals surface area contributed by atoms with Crippen LogP contribution in [0.15, 0.2) is 11.6 Å². The highest BCUT2D eigenvalue weighted by molar-refractivity contribution is 5.81. The Morgan fingerprint density at radius 1 is 0.800 bits per heavy atom. The summed E-state index contributed by atoms with van der Waals surface area (Å²) in [7, 11) is 2.99. The Hall–Kier alpha value is -1.85. The second kappa shape index (κ2) is 9.33.